The zero-order valence-corrected chi connectivity index (χ0v) is 19.5. The Labute approximate surface area is 194 Å². The molecule has 0 radical (unpaired) electrons. The van der Waals surface area contributed by atoms with Gasteiger partial charge in [-0.25, -0.2) is 9.79 Å². The van der Waals surface area contributed by atoms with Crippen molar-refractivity contribution in [2.45, 2.75) is 19.9 Å². The van der Waals surface area contributed by atoms with Crippen molar-refractivity contribution in [2.75, 3.05) is 20.8 Å². The van der Waals surface area contributed by atoms with E-state index in [1.54, 1.807) is 51.6 Å². The summed E-state index contributed by atoms with van der Waals surface area (Å²) >= 11 is 1.27. The van der Waals surface area contributed by atoms with Crippen molar-refractivity contribution in [1.29, 1.82) is 0 Å². The number of pyridine rings is 1. The van der Waals surface area contributed by atoms with Crippen LogP contribution in [0.4, 0.5) is 0 Å². The summed E-state index contributed by atoms with van der Waals surface area (Å²) in [7, 11) is 3.09. The normalized spacial score (nSPS) is 15.6. The standard InChI is InChI=1S/C24H23N3O5S/c1-5-32-23(29)20-14(2)26-24-27(21(20)16-6-7-17(30-3)18(13-16)31-4)22(28)19(33-24)12-15-8-10-25-11-9-15/h6-13,21H,5H2,1-4H3/b19-12+/t21-/m0/s1. The Morgan fingerprint density at radius 2 is 1.88 bits per heavy atom. The third-order valence-corrected chi connectivity index (χ3v) is 6.23. The Balaban J connectivity index is 1.98. The molecule has 0 aliphatic carbocycles. The van der Waals surface area contributed by atoms with Crippen LogP contribution in [-0.4, -0.2) is 36.3 Å². The third kappa shape index (κ3) is 4.19. The van der Waals surface area contributed by atoms with Crippen LogP contribution in [0.15, 0.2) is 63.8 Å². The Bertz CT molecular complexity index is 1410. The van der Waals surface area contributed by atoms with E-state index in [2.05, 4.69) is 9.98 Å². The monoisotopic (exact) mass is 465 g/mol. The lowest BCUT2D eigenvalue weighted by Crippen LogP contribution is -2.39. The van der Waals surface area contributed by atoms with Crippen LogP contribution in [0.25, 0.3) is 6.08 Å². The molecule has 0 bridgehead atoms. The first-order valence-electron chi connectivity index (χ1n) is 10.3. The molecule has 1 aliphatic rings. The van der Waals surface area contributed by atoms with Crippen molar-refractivity contribution < 1.29 is 19.0 Å². The van der Waals surface area contributed by atoms with Gasteiger partial charge in [0.25, 0.3) is 5.56 Å². The SMILES string of the molecule is CCOC(=O)C1=C(C)N=c2s/c(=C/c3ccncc3)c(=O)n2[C@H]1c1ccc(OC)c(OC)c1. The van der Waals surface area contributed by atoms with Gasteiger partial charge in [-0.05, 0) is 55.3 Å². The van der Waals surface area contributed by atoms with Crippen LogP contribution in [-0.2, 0) is 9.53 Å². The molecule has 4 rings (SSSR count). The summed E-state index contributed by atoms with van der Waals surface area (Å²) in [5, 5.41) is 0. The molecule has 2 aromatic heterocycles. The van der Waals surface area contributed by atoms with Crippen LogP contribution < -0.4 is 24.4 Å². The van der Waals surface area contributed by atoms with Gasteiger partial charge in [0.2, 0.25) is 0 Å². The zero-order valence-electron chi connectivity index (χ0n) is 18.7. The van der Waals surface area contributed by atoms with Crippen molar-refractivity contribution in [3.05, 3.63) is 84.8 Å². The summed E-state index contributed by atoms with van der Waals surface area (Å²) in [6.07, 6.45) is 5.12. The minimum absolute atomic E-state index is 0.209. The number of allylic oxidation sites excluding steroid dienone is 1. The number of benzene rings is 1. The summed E-state index contributed by atoms with van der Waals surface area (Å²) in [4.78, 5) is 35.6. The van der Waals surface area contributed by atoms with Crippen LogP contribution in [0.3, 0.4) is 0 Å². The second-order valence-corrected chi connectivity index (χ2v) is 8.21. The number of aromatic nitrogens is 2. The molecule has 1 aliphatic heterocycles. The largest absolute Gasteiger partial charge is 0.493 e. The number of thiazole rings is 1. The first kappa shape index (κ1) is 22.5. The molecule has 0 N–H and O–H groups in total. The van der Waals surface area contributed by atoms with Gasteiger partial charge in [-0.1, -0.05) is 17.4 Å². The van der Waals surface area contributed by atoms with E-state index < -0.39 is 12.0 Å². The smallest absolute Gasteiger partial charge is 0.338 e. The van der Waals surface area contributed by atoms with Gasteiger partial charge in [0.05, 0.1) is 42.7 Å². The predicted molar refractivity (Wildman–Crippen MR) is 124 cm³/mol. The molecule has 0 saturated heterocycles. The van der Waals surface area contributed by atoms with Gasteiger partial charge in [0.15, 0.2) is 16.3 Å². The Morgan fingerprint density at radius 1 is 1.15 bits per heavy atom. The minimum Gasteiger partial charge on any atom is -0.493 e. The number of rotatable bonds is 6. The molecular formula is C24H23N3O5S. The number of methoxy groups -OCH3 is 2. The van der Waals surface area contributed by atoms with Crippen molar-refractivity contribution in [3.63, 3.8) is 0 Å². The molecule has 3 aromatic rings. The highest BCUT2D eigenvalue weighted by atomic mass is 32.1. The topological polar surface area (TPSA) is 92.0 Å². The second kappa shape index (κ2) is 9.41. The lowest BCUT2D eigenvalue weighted by atomic mass is 9.95. The number of hydrogen-bond donors (Lipinski definition) is 0. The number of carbonyl (C=O) groups excluding carboxylic acids is 1. The molecule has 1 atom stereocenters. The van der Waals surface area contributed by atoms with Crippen molar-refractivity contribution in [3.8, 4) is 11.5 Å². The average Bonchev–Trinajstić information content (AvgIpc) is 3.12. The lowest BCUT2D eigenvalue weighted by Gasteiger charge is -2.25. The maximum atomic E-state index is 13.5. The highest BCUT2D eigenvalue weighted by molar-refractivity contribution is 7.07. The fraction of sp³-hybridized carbons (Fsp3) is 0.250. The predicted octanol–water partition coefficient (Wildman–Crippen LogP) is 2.21. The highest BCUT2D eigenvalue weighted by Gasteiger charge is 2.33. The van der Waals surface area contributed by atoms with Gasteiger partial charge in [0.1, 0.15) is 0 Å². The van der Waals surface area contributed by atoms with Gasteiger partial charge < -0.3 is 14.2 Å². The van der Waals surface area contributed by atoms with E-state index in [4.69, 9.17) is 14.2 Å². The number of fused-ring (bicyclic) bond motifs is 1. The Hall–Kier alpha value is -3.72. The van der Waals surface area contributed by atoms with Crippen molar-refractivity contribution in [2.24, 2.45) is 4.99 Å². The number of ether oxygens (including phenoxy) is 3. The molecule has 0 fully saturated rings. The van der Waals surface area contributed by atoms with Crippen molar-refractivity contribution in [1.82, 2.24) is 9.55 Å². The summed E-state index contributed by atoms with van der Waals surface area (Å²) in [5.74, 6) is 0.526. The summed E-state index contributed by atoms with van der Waals surface area (Å²) in [6, 6.07) is 8.24. The van der Waals surface area contributed by atoms with E-state index in [0.717, 1.165) is 5.56 Å². The van der Waals surface area contributed by atoms with E-state index in [1.165, 1.54) is 23.0 Å². The molecule has 1 aromatic carbocycles. The Kier molecular flexibility index (Phi) is 6.41. The molecule has 9 heteroatoms. The third-order valence-electron chi connectivity index (χ3n) is 5.24. The van der Waals surface area contributed by atoms with Crippen molar-refractivity contribution >= 4 is 23.4 Å². The maximum absolute atomic E-state index is 13.5. The molecule has 0 unspecified atom stereocenters. The first-order valence-corrected chi connectivity index (χ1v) is 11.1. The fourth-order valence-corrected chi connectivity index (χ4v) is 4.79. The van der Waals surface area contributed by atoms with Crippen LogP contribution in [0.2, 0.25) is 0 Å². The quantitative estimate of drug-likeness (QED) is 0.519. The number of esters is 1. The van der Waals surface area contributed by atoms with Gasteiger partial charge in [-0.3, -0.25) is 14.3 Å². The molecule has 33 heavy (non-hydrogen) atoms. The van der Waals surface area contributed by atoms with Crippen LogP contribution in [0, 0.1) is 0 Å². The second-order valence-electron chi connectivity index (χ2n) is 7.20. The zero-order chi connectivity index (χ0) is 23.5. The average molecular weight is 466 g/mol. The molecular weight excluding hydrogens is 442 g/mol. The lowest BCUT2D eigenvalue weighted by molar-refractivity contribution is -0.139. The Morgan fingerprint density at radius 3 is 2.55 bits per heavy atom. The molecule has 0 spiro atoms. The van der Waals surface area contributed by atoms with Gasteiger partial charge in [0, 0.05) is 12.4 Å². The number of hydrogen-bond acceptors (Lipinski definition) is 8. The number of nitrogens with zero attached hydrogens (tertiary/aromatic N) is 3. The van der Waals surface area contributed by atoms with E-state index in [1.807, 2.05) is 18.2 Å². The summed E-state index contributed by atoms with van der Waals surface area (Å²) in [6.45, 7) is 3.70. The highest BCUT2D eigenvalue weighted by Crippen LogP contribution is 2.36. The molecule has 8 nitrogen and oxygen atoms in total. The molecule has 3 heterocycles. The van der Waals surface area contributed by atoms with E-state index in [9.17, 15) is 9.59 Å². The fourth-order valence-electron chi connectivity index (χ4n) is 3.74. The van der Waals surface area contributed by atoms with E-state index in [0.29, 0.717) is 37.7 Å². The van der Waals surface area contributed by atoms with E-state index in [-0.39, 0.29) is 12.2 Å². The van der Waals surface area contributed by atoms with E-state index >= 15 is 0 Å². The van der Waals surface area contributed by atoms with Crippen LogP contribution >= 0.6 is 11.3 Å². The van der Waals surface area contributed by atoms with Crippen LogP contribution in [0.5, 0.6) is 11.5 Å². The van der Waals surface area contributed by atoms with Gasteiger partial charge in [-0.15, -0.1) is 0 Å². The molecule has 0 amide bonds. The first-order chi connectivity index (χ1) is 16.0. The molecule has 170 valence electrons. The number of carbonyl (C=O) groups is 1. The minimum atomic E-state index is -0.723. The van der Waals surface area contributed by atoms with Crippen LogP contribution in [0.1, 0.15) is 31.0 Å². The maximum Gasteiger partial charge on any atom is 0.338 e. The van der Waals surface area contributed by atoms with Gasteiger partial charge in [-0.2, -0.15) is 0 Å². The molecule has 0 saturated carbocycles. The summed E-state index contributed by atoms with van der Waals surface area (Å²) in [5.41, 5.74) is 2.10. The van der Waals surface area contributed by atoms with Gasteiger partial charge >= 0.3 is 5.97 Å². The summed E-state index contributed by atoms with van der Waals surface area (Å²) < 4.78 is 18.2.